The minimum atomic E-state index is -0.744. The Labute approximate surface area is 230 Å². The van der Waals surface area contributed by atoms with Crippen LogP contribution in [-0.2, 0) is 11.2 Å². The highest BCUT2D eigenvalue weighted by molar-refractivity contribution is 6.02. The van der Waals surface area contributed by atoms with Crippen LogP contribution in [0.4, 0.5) is 5.69 Å². The number of rotatable bonds is 12. The zero-order chi connectivity index (χ0) is 27.2. The second-order valence-corrected chi connectivity index (χ2v) is 10.8. The number of carbonyl (C=O) groups excluding carboxylic acids is 1. The van der Waals surface area contributed by atoms with E-state index in [4.69, 9.17) is 9.47 Å². The Hall–Kier alpha value is -3.80. The molecule has 2 fully saturated rings. The Balaban J connectivity index is 1.20. The molecule has 1 unspecified atom stereocenters. The first-order valence-corrected chi connectivity index (χ1v) is 13.9. The Morgan fingerprint density at radius 1 is 0.923 bits per heavy atom. The van der Waals surface area contributed by atoms with Crippen molar-refractivity contribution in [1.29, 1.82) is 0 Å². The molecule has 3 aromatic carbocycles. The maximum absolute atomic E-state index is 13.3. The van der Waals surface area contributed by atoms with E-state index in [1.807, 2.05) is 72.8 Å². The quantitative estimate of drug-likeness (QED) is 0.275. The molecule has 1 heterocycles. The van der Waals surface area contributed by atoms with Crippen LogP contribution in [0.2, 0.25) is 0 Å². The summed E-state index contributed by atoms with van der Waals surface area (Å²) in [5.41, 5.74) is 3.75. The van der Waals surface area contributed by atoms with Crippen molar-refractivity contribution in [2.24, 2.45) is 11.8 Å². The minimum Gasteiger partial charge on any atom is -0.497 e. The molecule has 1 saturated heterocycles. The summed E-state index contributed by atoms with van der Waals surface area (Å²) in [4.78, 5) is 26.9. The van der Waals surface area contributed by atoms with Crippen molar-refractivity contribution >= 4 is 17.4 Å². The fraction of sp³-hybridized carbons (Fsp3) is 0.394. The summed E-state index contributed by atoms with van der Waals surface area (Å²) in [5.74, 6) is 1.88. The molecule has 1 saturated carbocycles. The first-order valence-electron chi connectivity index (χ1n) is 13.9. The normalized spacial score (nSPS) is 16.5. The molecule has 3 aromatic rings. The van der Waals surface area contributed by atoms with Gasteiger partial charge in [0, 0.05) is 31.1 Å². The van der Waals surface area contributed by atoms with E-state index in [-0.39, 0.29) is 18.1 Å². The van der Waals surface area contributed by atoms with Crippen molar-refractivity contribution < 1.29 is 24.2 Å². The van der Waals surface area contributed by atoms with Crippen LogP contribution < -0.4 is 14.4 Å². The monoisotopic (exact) mass is 527 g/mol. The molecule has 0 bridgehead atoms. The van der Waals surface area contributed by atoms with Gasteiger partial charge in [0.15, 0.2) is 5.78 Å². The van der Waals surface area contributed by atoms with Gasteiger partial charge in [-0.15, -0.1) is 0 Å². The molecule has 1 aliphatic carbocycles. The number of hydrogen-bond donors (Lipinski definition) is 1. The Morgan fingerprint density at radius 3 is 2.38 bits per heavy atom. The van der Waals surface area contributed by atoms with Gasteiger partial charge in [-0.25, -0.2) is 0 Å². The highest BCUT2D eigenvalue weighted by Gasteiger charge is 2.34. The molecule has 0 amide bonds. The summed E-state index contributed by atoms with van der Waals surface area (Å²) in [6.07, 6.45) is 4.69. The standard InChI is InChI=1S/C33H37NO5/c1-38-27-12-13-29(32(35)18-23-6-3-2-4-7-23)31(20-27)34-16-14-24(15-17-34)22-39-28-9-5-8-26(19-28)30(21-33(36)37)25-10-11-25/h2-9,12-13,19-20,24-25,30H,10-11,14-18,21-22H2,1H3,(H,36,37). The Bertz CT molecular complexity index is 1280. The lowest BCUT2D eigenvalue weighted by Crippen LogP contribution is -2.36. The lowest BCUT2D eigenvalue weighted by atomic mass is 9.91. The van der Waals surface area contributed by atoms with Crippen LogP contribution in [0.5, 0.6) is 11.5 Å². The third-order valence-electron chi connectivity index (χ3n) is 8.03. The summed E-state index contributed by atoms with van der Waals surface area (Å²) >= 11 is 0. The van der Waals surface area contributed by atoms with Crippen molar-refractivity contribution in [3.63, 3.8) is 0 Å². The summed E-state index contributed by atoms with van der Waals surface area (Å²) in [7, 11) is 1.65. The second-order valence-electron chi connectivity index (χ2n) is 10.8. The number of carboxylic acids is 1. The predicted molar refractivity (Wildman–Crippen MR) is 152 cm³/mol. The smallest absolute Gasteiger partial charge is 0.303 e. The van der Waals surface area contributed by atoms with Crippen LogP contribution >= 0.6 is 0 Å². The van der Waals surface area contributed by atoms with E-state index in [9.17, 15) is 14.7 Å². The van der Waals surface area contributed by atoms with E-state index in [0.717, 1.165) is 72.6 Å². The van der Waals surface area contributed by atoms with E-state index in [1.165, 1.54) is 0 Å². The molecule has 0 aromatic heterocycles. The largest absolute Gasteiger partial charge is 0.497 e. The number of methoxy groups -OCH3 is 1. The molecular weight excluding hydrogens is 490 g/mol. The summed E-state index contributed by atoms with van der Waals surface area (Å²) < 4.78 is 11.7. The average molecular weight is 528 g/mol. The summed E-state index contributed by atoms with van der Waals surface area (Å²) in [6, 6.07) is 23.6. The van der Waals surface area contributed by atoms with E-state index >= 15 is 0 Å². The maximum Gasteiger partial charge on any atom is 0.303 e. The number of nitrogens with zero attached hydrogens (tertiary/aromatic N) is 1. The molecule has 0 radical (unpaired) electrons. The number of hydrogen-bond acceptors (Lipinski definition) is 5. The third-order valence-corrected chi connectivity index (χ3v) is 8.03. The van der Waals surface area contributed by atoms with Gasteiger partial charge in [0.2, 0.25) is 0 Å². The van der Waals surface area contributed by atoms with Gasteiger partial charge in [-0.05, 0) is 78.8 Å². The topological polar surface area (TPSA) is 76.1 Å². The number of ether oxygens (including phenoxy) is 2. The molecule has 6 heteroatoms. The molecule has 39 heavy (non-hydrogen) atoms. The van der Waals surface area contributed by atoms with Crippen LogP contribution in [0.3, 0.4) is 0 Å². The van der Waals surface area contributed by atoms with Crippen LogP contribution in [0.15, 0.2) is 72.8 Å². The first kappa shape index (κ1) is 26.8. The van der Waals surface area contributed by atoms with Crippen LogP contribution in [0.1, 0.15) is 59.5 Å². The van der Waals surface area contributed by atoms with Gasteiger partial charge in [0.1, 0.15) is 11.5 Å². The molecular formula is C33H37NO5. The van der Waals surface area contributed by atoms with E-state index < -0.39 is 5.97 Å². The number of piperidine rings is 1. The van der Waals surface area contributed by atoms with Gasteiger partial charge in [-0.2, -0.15) is 0 Å². The fourth-order valence-electron chi connectivity index (χ4n) is 5.65. The minimum absolute atomic E-state index is 0.0657. The van der Waals surface area contributed by atoms with Gasteiger partial charge in [-0.3, -0.25) is 9.59 Å². The summed E-state index contributed by atoms with van der Waals surface area (Å²) in [5, 5.41) is 9.35. The van der Waals surface area contributed by atoms with Crippen LogP contribution in [0, 0.1) is 11.8 Å². The number of anilines is 1. The number of benzene rings is 3. The number of aliphatic carboxylic acids is 1. The van der Waals surface area contributed by atoms with Gasteiger partial charge < -0.3 is 19.5 Å². The fourth-order valence-corrected chi connectivity index (χ4v) is 5.65. The average Bonchev–Trinajstić information content (AvgIpc) is 3.81. The zero-order valence-corrected chi connectivity index (χ0v) is 22.6. The second kappa shape index (κ2) is 12.4. The molecule has 2 aliphatic rings. The van der Waals surface area contributed by atoms with Crippen LogP contribution in [-0.4, -0.2) is 43.7 Å². The van der Waals surface area contributed by atoms with Gasteiger partial charge in [0.25, 0.3) is 0 Å². The van der Waals surface area contributed by atoms with Crippen LogP contribution in [0.25, 0.3) is 0 Å². The van der Waals surface area contributed by atoms with Gasteiger partial charge >= 0.3 is 5.97 Å². The van der Waals surface area contributed by atoms with Crippen molar-refractivity contribution in [3.8, 4) is 11.5 Å². The van der Waals surface area contributed by atoms with E-state index in [1.54, 1.807) is 7.11 Å². The van der Waals surface area contributed by atoms with Gasteiger partial charge in [0.05, 0.1) is 25.8 Å². The third kappa shape index (κ3) is 6.99. The number of carbonyl (C=O) groups is 2. The molecule has 0 spiro atoms. The van der Waals surface area contributed by atoms with E-state index in [2.05, 4.69) is 4.90 Å². The van der Waals surface area contributed by atoms with E-state index in [0.29, 0.717) is 24.9 Å². The highest BCUT2D eigenvalue weighted by Crippen LogP contribution is 2.45. The molecule has 204 valence electrons. The zero-order valence-electron chi connectivity index (χ0n) is 22.6. The molecule has 6 nitrogen and oxygen atoms in total. The molecule has 1 atom stereocenters. The first-order chi connectivity index (χ1) is 19.0. The molecule has 1 aliphatic heterocycles. The Kier molecular flexibility index (Phi) is 8.50. The van der Waals surface area contributed by atoms with Crippen molar-refractivity contribution in [1.82, 2.24) is 0 Å². The van der Waals surface area contributed by atoms with Crippen molar-refractivity contribution in [3.05, 3.63) is 89.5 Å². The maximum atomic E-state index is 13.3. The SMILES string of the molecule is COc1ccc(C(=O)Cc2ccccc2)c(N2CCC(COc3cccc(C(CC(=O)O)C4CC4)c3)CC2)c1. The number of ketones is 1. The lowest BCUT2D eigenvalue weighted by molar-refractivity contribution is -0.137. The molecule has 1 N–H and O–H groups in total. The number of carboxylic acid groups (broad SMARTS) is 1. The number of Topliss-reactive ketones (excluding diaryl/α,β-unsaturated/α-hetero) is 1. The Morgan fingerprint density at radius 2 is 1.69 bits per heavy atom. The van der Waals surface area contributed by atoms with Gasteiger partial charge in [-0.1, -0.05) is 42.5 Å². The predicted octanol–water partition coefficient (Wildman–Crippen LogP) is 6.38. The van der Waals surface area contributed by atoms with Crippen molar-refractivity contribution in [2.75, 3.05) is 31.7 Å². The molecule has 5 rings (SSSR count). The lowest BCUT2D eigenvalue weighted by Gasteiger charge is -2.34. The summed E-state index contributed by atoms with van der Waals surface area (Å²) in [6.45, 7) is 2.31. The highest BCUT2D eigenvalue weighted by atomic mass is 16.5. The van der Waals surface area contributed by atoms with Crippen molar-refractivity contribution in [2.45, 2.75) is 44.4 Å².